The SMILES string of the molecule is CC1N=C(c2ccccc2F)c2cc(Cl)ccc2N=C1OP(=O)(N1CCOCC1)N1CCOCC1. The van der Waals surface area contributed by atoms with Gasteiger partial charge in [-0.05, 0) is 37.3 Å². The van der Waals surface area contributed by atoms with Crippen LogP contribution in [-0.2, 0) is 18.6 Å². The average molecular weight is 521 g/mol. The molecule has 11 heteroatoms. The molecule has 3 aliphatic heterocycles. The zero-order chi connectivity index (χ0) is 24.4. The van der Waals surface area contributed by atoms with Crippen LogP contribution in [0.1, 0.15) is 18.1 Å². The number of ether oxygens (including phenoxy) is 2. The topological polar surface area (TPSA) is 76.0 Å². The van der Waals surface area contributed by atoms with Gasteiger partial charge in [-0.2, -0.15) is 0 Å². The van der Waals surface area contributed by atoms with Gasteiger partial charge in [0.25, 0.3) is 0 Å². The summed E-state index contributed by atoms with van der Waals surface area (Å²) in [5.74, 6) is -0.192. The number of fused-ring (bicyclic) bond motifs is 1. The maximum Gasteiger partial charge on any atom is 0.397 e. The highest BCUT2D eigenvalue weighted by molar-refractivity contribution is 7.54. The van der Waals surface area contributed by atoms with Crippen molar-refractivity contribution in [2.75, 3.05) is 52.6 Å². The lowest BCUT2D eigenvalue weighted by atomic mass is 10.00. The number of nitrogens with zero attached hydrogens (tertiary/aromatic N) is 4. The van der Waals surface area contributed by atoms with Crippen molar-refractivity contribution < 1.29 is 23.0 Å². The molecule has 0 amide bonds. The van der Waals surface area contributed by atoms with E-state index in [1.165, 1.54) is 6.07 Å². The second-order valence-electron chi connectivity index (χ2n) is 8.46. The predicted molar refractivity (Wildman–Crippen MR) is 134 cm³/mol. The highest BCUT2D eigenvalue weighted by Gasteiger charge is 2.43. The van der Waals surface area contributed by atoms with Crippen LogP contribution in [0.25, 0.3) is 0 Å². The van der Waals surface area contributed by atoms with Gasteiger partial charge in [-0.1, -0.05) is 23.7 Å². The summed E-state index contributed by atoms with van der Waals surface area (Å²) in [4.78, 5) is 9.55. The first-order valence-corrected chi connectivity index (χ1v) is 13.5. The summed E-state index contributed by atoms with van der Waals surface area (Å²) >= 11 is 6.29. The second-order valence-corrected chi connectivity index (χ2v) is 11.2. The number of hydrogen-bond acceptors (Lipinski definition) is 6. The number of aliphatic imine (C=N–C) groups is 2. The van der Waals surface area contributed by atoms with E-state index in [1.807, 2.05) is 9.34 Å². The molecule has 1 atom stereocenters. The number of rotatable bonds is 4. The van der Waals surface area contributed by atoms with Crippen LogP contribution in [-0.4, -0.2) is 79.6 Å². The maximum atomic E-state index is 14.8. The van der Waals surface area contributed by atoms with Gasteiger partial charge in [-0.25, -0.2) is 23.3 Å². The van der Waals surface area contributed by atoms with E-state index in [0.29, 0.717) is 80.2 Å². The van der Waals surface area contributed by atoms with E-state index < -0.39 is 19.5 Å². The molecule has 0 N–H and O–H groups in total. The molecular formula is C24H27ClFN4O4P. The fourth-order valence-corrected chi connectivity index (χ4v) is 6.86. The van der Waals surface area contributed by atoms with Gasteiger partial charge in [0.1, 0.15) is 11.9 Å². The number of hydrogen-bond donors (Lipinski definition) is 0. The van der Waals surface area contributed by atoms with Crippen LogP contribution >= 0.6 is 19.3 Å². The number of benzene rings is 2. The van der Waals surface area contributed by atoms with Gasteiger partial charge in [0.15, 0.2) is 0 Å². The highest BCUT2D eigenvalue weighted by Crippen LogP contribution is 2.55. The first-order valence-electron chi connectivity index (χ1n) is 11.6. The van der Waals surface area contributed by atoms with E-state index in [4.69, 9.17) is 35.6 Å². The molecule has 0 spiro atoms. The van der Waals surface area contributed by atoms with E-state index in [2.05, 4.69) is 0 Å². The van der Waals surface area contributed by atoms with Gasteiger partial charge >= 0.3 is 7.67 Å². The van der Waals surface area contributed by atoms with Crippen LogP contribution in [0.4, 0.5) is 10.1 Å². The Kier molecular flexibility index (Phi) is 7.34. The molecule has 0 radical (unpaired) electrons. The molecule has 186 valence electrons. The molecule has 3 aliphatic rings. The summed E-state index contributed by atoms with van der Waals surface area (Å²) in [6.45, 7) is 5.59. The Morgan fingerprint density at radius 1 is 1.00 bits per heavy atom. The molecule has 0 bridgehead atoms. The van der Waals surface area contributed by atoms with Crippen molar-refractivity contribution in [1.29, 1.82) is 0 Å². The Labute approximate surface area is 208 Å². The predicted octanol–water partition coefficient (Wildman–Crippen LogP) is 4.54. The van der Waals surface area contributed by atoms with Crippen LogP contribution in [0.15, 0.2) is 52.4 Å². The molecule has 5 rings (SSSR count). The average Bonchev–Trinajstić information content (AvgIpc) is 3.01. The lowest BCUT2D eigenvalue weighted by molar-refractivity contribution is 0.0439. The molecule has 0 aromatic heterocycles. The van der Waals surface area contributed by atoms with Gasteiger partial charge in [0.2, 0.25) is 5.90 Å². The summed E-state index contributed by atoms with van der Waals surface area (Å²) in [5.41, 5.74) is 1.86. The molecule has 2 aromatic carbocycles. The number of morpholine rings is 2. The summed E-state index contributed by atoms with van der Waals surface area (Å²) in [7, 11) is -3.51. The first kappa shape index (κ1) is 24.6. The lowest BCUT2D eigenvalue weighted by Gasteiger charge is -2.41. The Hall–Kier alpha value is -2.13. The van der Waals surface area contributed by atoms with Crippen molar-refractivity contribution in [3.8, 4) is 0 Å². The van der Waals surface area contributed by atoms with Crippen LogP contribution < -0.4 is 0 Å². The van der Waals surface area contributed by atoms with E-state index >= 15 is 0 Å². The van der Waals surface area contributed by atoms with Gasteiger partial charge in [0.05, 0.1) is 37.8 Å². The van der Waals surface area contributed by atoms with Crippen LogP contribution in [0.3, 0.4) is 0 Å². The highest BCUT2D eigenvalue weighted by atomic mass is 35.5. The molecule has 0 saturated carbocycles. The molecule has 1 unspecified atom stereocenters. The fraction of sp³-hybridized carbons (Fsp3) is 0.417. The van der Waals surface area contributed by atoms with Crippen LogP contribution in [0.5, 0.6) is 0 Å². The molecule has 2 fully saturated rings. The third-order valence-electron chi connectivity index (χ3n) is 6.16. The Morgan fingerprint density at radius 2 is 1.63 bits per heavy atom. The second kappa shape index (κ2) is 10.5. The Morgan fingerprint density at radius 3 is 2.26 bits per heavy atom. The monoisotopic (exact) mass is 520 g/mol. The smallest absolute Gasteiger partial charge is 0.397 e. The number of halogens is 2. The standard InChI is InChI=1S/C24H27ClFN4O4P/c1-17-24(34-35(31,29-8-12-32-13-9-29)30-10-14-33-15-11-30)28-22-7-6-18(25)16-20(22)23(27-17)19-4-2-3-5-21(19)26/h2-7,16-17H,8-15H2,1H3. The van der Waals surface area contributed by atoms with E-state index in [1.54, 1.807) is 43.3 Å². The van der Waals surface area contributed by atoms with Crippen molar-refractivity contribution >= 4 is 36.6 Å². The molecule has 35 heavy (non-hydrogen) atoms. The van der Waals surface area contributed by atoms with Crippen LogP contribution in [0, 0.1) is 5.82 Å². The third-order valence-corrected chi connectivity index (χ3v) is 9.05. The Bertz CT molecular complexity index is 1180. The zero-order valence-electron chi connectivity index (χ0n) is 19.4. The lowest BCUT2D eigenvalue weighted by Crippen LogP contribution is -2.44. The molecule has 0 aliphatic carbocycles. The van der Waals surface area contributed by atoms with Crippen LogP contribution in [0.2, 0.25) is 5.02 Å². The molecule has 2 saturated heterocycles. The summed E-state index contributed by atoms with van der Waals surface area (Å²) in [6.07, 6.45) is 0. The minimum atomic E-state index is -3.51. The zero-order valence-corrected chi connectivity index (χ0v) is 21.1. The normalized spacial score (nSPS) is 22.1. The minimum Gasteiger partial charge on any atom is -0.405 e. The molecule has 8 nitrogen and oxygen atoms in total. The van der Waals surface area contributed by atoms with Crippen molar-refractivity contribution in [3.63, 3.8) is 0 Å². The third kappa shape index (κ3) is 5.07. The molecule has 3 heterocycles. The van der Waals surface area contributed by atoms with Gasteiger partial charge in [0, 0.05) is 42.3 Å². The van der Waals surface area contributed by atoms with Crippen molar-refractivity contribution in [2.45, 2.75) is 13.0 Å². The van der Waals surface area contributed by atoms with E-state index in [9.17, 15) is 8.96 Å². The summed E-state index contributed by atoms with van der Waals surface area (Å²) < 4.78 is 50.4. The largest absolute Gasteiger partial charge is 0.405 e. The van der Waals surface area contributed by atoms with Crippen molar-refractivity contribution in [3.05, 3.63) is 64.4 Å². The quantitative estimate of drug-likeness (QED) is 0.551. The maximum absolute atomic E-state index is 14.8. The van der Waals surface area contributed by atoms with Gasteiger partial charge in [-0.3, -0.25) is 4.99 Å². The van der Waals surface area contributed by atoms with E-state index in [0.717, 1.165) is 0 Å². The first-order chi connectivity index (χ1) is 17.0. The van der Waals surface area contributed by atoms with Gasteiger partial charge < -0.3 is 14.0 Å². The van der Waals surface area contributed by atoms with Gasteiger partial charge in [-0.15, -0.1) is 0 Å². The minimum absolute atomic E-state index is 0.209. The van der Waals surface area contributed by atoms with Crippen molar-refractivity contribution in [1.82, 2.24) is 9.34 Å². The Balaban J connectivity index is 1.58. The fourth-order valence-electron chi connectivity index (χ4n) is 4.32. The van der Waals surface area contributed by atoms with E-state index in [-0.39, 0.29) is 5.90 Å². The van der Waals surface area contributed by atoms with Crippen molar-refractivity contribution in [2.24, 2.45) is 9.98 Å². The summed E-state index contributed by atoms with van der Waals surface area (Å²) in [6, 6.07) is 11.0. The summed E-state index contributed by atoms with van der Waals surface area (Å²) in [5, 5.41) is 0.479. The molecule has 2 aromatic rings. The molecular weight excluding hydrogens is 494 g/mol.